The summed E-state index contributed by atoms with van der Waals surface area (Å²) in [6.07, 6.45) is 0. The number of fused-ring (bicyclic) bond motifs is 1. The van der Waals surface area contributed by atoms with E-state index in [4.69, 9.17) is 11.6 Å². The Kier molecular flexibility index (Phi) is 4.19. The molecule has 138 valence electrons. The van der Waals surface area contributed by atoms with E-state index in [0.717, 1.165) is 11.1 Å². The minimum atomic E-state index is -0.255. The quantitative estimate of drug-likeness (QED) is 0.568. The fraction of sp³-hybridized carbons (Fsp3) is 0.400. The van der Waals surface area contributed by atoms with Crippen molar-refractivity contribution in [3.05, 3.63) is 40.4 Å². The van der Waals surface area contributed by atoms with Crippen LogP contribution in [0.15, 0.2) is 24.3 Å². The Bertz CT molecular complexity index is 995. The third-order valence-corrected chi connectivity index (χ3v) is 4.86. The van der Waals surface area contributed by atoms with Gasteiger partial charge in [-0.2, -0.15) is 0 Å². The molecule has 0 unspecified atom stereocenters. The fourth-order valence-electron chi connectivity index (χ4n) is 3.03. The highest BCUT2D eigenvalue weighted by molar-refractivity contribution is 6.35. The molecule has 1 aromatic heterocycles. The van der Waals surface area contributed by atoms with Gasteiger partial charge in [-0.05, 0) is 39.6 Å². The first-order valence-electron chi connectivity index (χ1n) is 8.53. The van der Waals surface area contributed by atoms with E-state index in [1.807, 2.05) is 6.07 Å². The Labute approximate surface area is 158 Å². The molecule has 0 aliphatic carbocycles. The van der Waals surface area contributed by atoms with Gasteiger partial charge in [-0.3, -0.25) is 0 Å². The van der Waals surface area contributed by atoms with Gasteiger partial charge in [-0.15, -0.1) is 10.2 Å². The van der Waals surface area contributed by atoms with Crippen molar-refractivity contribution in [2.45, 2.75) is 52.4 Å². The summed E-state index contributed by atoms with van der Waals surface area (Å²) in [4.78, 5) is 0.528. The Morgan fingerprint density at radius 3 is 2.19 bits per heavy atom. The van der Waals surface area contributed by atoms with Crippen molar-refractivity contribution in [2.24, 2.45) is 0 Å². The lowest BCUT2D eigenvalue weighted by Crippen LogP contribution is -2.17. The molecule has 2 aromatic carbocycles. The molecule has 0 saturated heterocycles. The number of halogens is 1. The maximum Gasteiger partial charge on any atom is 0.127 e. The molecule has 1 heterocycles. The Hall–Kier alpha value is -2.27. The predicted octanol–water partition coefficient (Wildman–Crippen LogP) is 5.29. The summed E-state index contributed by atoms with van der Waals surface area (Å²) in [5.74, 6) is 0.174. The molecular formula is C20H24ClN3O2. The second-order valence-electron chi connectivity index (χ2n) is 8.68. The van der Waals surface area contributed by atoms with Gasteiger partial charge in [0.1, 0.15) is 16.8 Å². The number of aromatic nitrogens is 3. The van der Waals surface area contributed by atoms with E-state index in [9.17, 15) is 10.3 Å². The third kappa shape index (κ3) is 3.12. The fourth-order valence-corrected chi connectivity index (χ4v) is 3.29. The van der Waals surface area contributed by atoms with E-state index >= 15 is 0 Å². The first kappa shape index (κ1) is 18.5. The van der Waals surface area contributed by atoms with E-state index < -0.39 is 0 Å². The topological polar surface area (TPSA) is 71.2 Å². The standard InChI is InChI=1S/C20H24ClN3O2/c1-19(2,3)11-9-12(18(25)13(10-11)20(4,5)6)16-14(21)7-8-15-17(16)23-24(26)22-15/h7-10,25-26H,1-6H3. The van der Waals surface area contributed by atoms with Crippen molar-refractivity contribution in [1.82, 2.24) is 15.2 Å². The monoisotopic (exact) mass is 373 g/mol. The zero-order valence-electron chi connectivity index (χ0n) is 15.9. The van der Waals surface area contributed by atoms with Gasteiger partial charge in [-0.1, -0.05) is 59.2 Å². The number of aromatic hydroxyl groups is 1. The highest BCUT2D eigenvalue weighted by Crippen LogP contribution is 2.45. The van der Waals surface area contributed by atoms with Gasteiger partial charge in [-0.25, -0.2) is 0 Å². The Morgan fingerprint density at radius 2 is 1.62 bits per heavy atom. The van der Waals surface area contributed by atoms with Crippen LogP contribution in [0.2, 0.25) is 5.02 Å². The third-order valence-electron chi connectivity index (χ3n) is 4.55. The minimum Gasteiger partial charge on any atom is -0.507 e. The van der Waals surface area contributed by atoms with Crippen molar-refractivity contribution in [3.8, 4) is 16.9 Å². The van der Waals surface area contributed by atoms with Gasteiger partial charge >= 0.3 is 0 Å². The number of phenolic OH excluding ortho intramolecular Hbond substituents is 1. The van der Waals surface area contributed by atoms with Gasteiger partial charge in [0.15, 0.2) is 0 Å². The number of hydrogen-bond donors (Lipinski definition) is 2. The second-order valence-corrected chi connectivity index (χ2v) is 9.09. The van der Waals surface area contributed by atoms with Crippen LogP contribution in [-0.2, 0) is 10.8 Å². The number of phenols is 1. The molecule has 26 heavy (non-hydrogen) atoms. The number of nitrogens with zero attached hydrogens (tertiary/aromatic N) is 3. The summed E-state index contributed by atoms with van der Waals surface area (Å²) in [6.45, 7) is 12.6. The van der Waals surface area contributed by atoms with Crippen LogP contribution < -0.4 is 0 Å². The molecule has 0 fully saturated rings. The molecule has 0 radical (unpaired) electrons. The molecule has 0 saturated carbocycles. The molecule has 2 N–H and O–H groups in total. The maximum absolute atomic E-state index is 11.1. The number of rotatable bonds is 1. The Balaban J connectivity index is 2.44. The van der Waals surface area contributed by atoms with Gasteiger partial charge < -0.3 is 10.3 Å². The van der Waals surface area contributed by atoms with Crippen LogP contribution >= 0.6 is 11.6 Å². The van der Waals surface area contributed by atoms with Crippen LogP contribution in [0.5, 0.6) is 5.75 Å². The second kappa shape index (κ2) is 5.88. The summed E-state index contributed by atoms with van der Waals surface area (Å²) in [5, 5.41) is 29.1. The highest BCUT2D eigenvalue weighted by Gasteiger charge is 2.27. The van der Waals surface area contributed by atoms with Crippen molar-refractivity contribution in [3.63, 3.8) is 0 Å². The lowest BCUT2D eigenvalue weighted by Gasteiger charge is -2.27. The Morgan fingerprint density at radius 1 is 0.962 bits per heavy atom. The lowest BCUT2D eigenvalue weighted by molar-refractivity contribution is 0.113. The van der Waals surface area contributed by atoms with Gasteiger partial charge in [0, 0.05) is 16.7 Å². The van der Waals surface area contributed by atoms with Crippen LogP contribution in [0, 0.1) is 0 Å². The molecule has 0 amide bonds. The van der Waals surface area contributed by atoms with Crippen LogP contribution in [0.3, 0.4) is 0 Å². The summed E-state index contributed by atoms with van der Waals surface area (Å²) in [6, 6.07) is 7.39. The average molecular weight is 374 g/mol. The first-order valence-corrected chi connectivity index (χ1v) is 8.90. The normalized spacial score (nSPS) is 12.7. The van der Waals surface area contributed by atoms with Crippen LogP contribution in [0.4, 0.5) is 0 Å². The molecule has 0 aliphatic rings. The van der Waals surface area contributed by atoms with Crippen molar-refractivity contribution >= 4 is 22.6 Å². The molecule has 0 aliphatic heterocycles. The van der Waals surface area contributed by atoms with Gasteiger partial charge in [0.2, 0.25) is 0 Å². The van der Waals surface area contributed by atoms with E-state index in [1.165, 1.54) is 0 Å². The predicted molar refractivity (Wildman–Crippen MR) is 104 cm³/mol. The SMILES string of the molecule is CC(C)(C)c1cc(-c2c(Cl)ccc3nn(O)nc23)c(O)c(C(C)(C)C)c1. The summed E-state index contributed by atoms with van der Waals surface area (Å²) in [7, 11) is 0. The van der Waals surface area contributed by atoms with E-state index in [1.54, 1.807) is 12.1 Å². The molecule has 6 heteroatoms. The first-order chi connectivity index (χ1) is 11.9. The zero-order chi connectivity index (χ0) is 19.4. The van der Waals surface area contributed by atoms with Crippen LogP contribution in [0.1, 0.15) is 52.7 Å². The zero-order valence-corrected chi connectivity index (χ0v) is 16.7. The molecule has 0 spiro atoms. The van der Waals surface area contributed by atoms with Crippen molar-refractivity contribution in [1.29, 1.82) is 0 Å². The van der Waals surface area contributed by atoms with E-state index in [-0.39, 0.29) is 16.6 Å². The number of hydrogen-bond acceptors (Lipinski definition) is 4. The van der Waals surface area contributed by atoms with Gasteiger partial charge in [0.25, 0.3) is 0 Å². The van der Waals surface area contributed by atoms with E-state index in [2.05, 4.69) is 57.8 Å². The summed E-state index contributed by atoms with van der Waals surface area (Å²) >= 11 is 6.48. The van der Waals surface area contributed by atoms with Crippen molar-refractivity contribution in [2.75, 3.05) is 0 Å². The average Bonchev–Trinajstić information content (AvgIpc) is 2.86. The smallest absolute Gasteiger partial charge is 0.127 e. The molecule has 3 rings (SSSR count). The summed E-state index contributed by atoms with van der Waals surface area (Å²) < 4.78 is 0. The molecule has 0 atom stereocenters. The highest BCUT2D eigenvalue weighted by atomic mass is 35.5. The molecule has 3 aromatic rings. The lowest BCUT2D eigenvalue weighted by atomic mass is 9.78. The van der Waals surface area contributed by atoms with Crippen LogP contribution in [-0.4, -0.2) is 25.5 Å². The van der Waals surface area contributed by atoms with Crippen LogP contribution in [0.25, 0.3) is 22.2 Å². The molecule has 5 nitrogen and oxygen atoms in total. The largest absolute Gasteiger partial charge is 0.507 e. The summed E-state index contributed by atoms with van der Waals surface area (Å²) in [5.41, 5.74) is 3.67. The minimum absolute atomic E-state index is 0.114. The van der Waals surface area contributed by atoms with Crippen molar-refractivity contribution < 1.29 is 10.3 Å². The molecular weight excluding hydrogens is 350 g/mol. The maximum atomic E-state index is 11.1. The molecule has 0 bridgehead atoms. The number of benzene rings is 2. The van der Waals surface area contributed by atoms with E-state index in [0.29, 0.717) is 32.1 Å². The van der Waals surface area contributed by atoms with Gasteiger partial charge in [0.05, 0.1) is 5.02 Å².